The van der Waals surface area contributed by atoms with Crippen molar-refractivity contribution in [3.05, 3.63) is 207 Å². The van der Waals surface area contributed by atoms with Gasteiger partial charge in [-0.25, -0.2) is 6.61 Å². The zero-order valence-corrected chi connectivity index (χ0v) is 58.4. The monoisotopic (exact) mass is 1250 g/mol. The molecule has 6 aromatic rings. The summed E-state index contributed by atoms with van der Waals surface area (Å²) in [6.45, 7) is 44.6. The maximum atomic E-state index is 4.94. The fourth-order valence-electron chi connectivity index (χ4n) is 8.03. The molecule has 0 amide bonds. The van der Waals surface area contributed by atoms with Crippen molar-refractivity contribution >= 4 is 38.7 Å². The van der Waals surface area contributed by atoms with E-state index in [1.807, 2.05) is 130 Å². The van der Waals surface area contributed by atoms with Gasteiger partial charge in [-0.05, 0) is 99.5 Å². The number of hydrogen-bond donors (Lipinski definition) is 0. The molecule has 0 bridgehead atoms. The van der Waals surface area contributed by atoms with Gasteiger partial charge in [0, 0.05) is 79.8 Å². The molecule has 1 radical (unpaired) electrons. The smallest absolute Gasteiger partial charge is 0.668 e. The van der Waals surface area contributed by atoms with Gasteiger partial charge in [-0.2, -0.15) is 6.42 Å². The summed E-state index contributed by atoms with van der Waals surface area (Å²) in [5, 5.41) is 9.38. The van der Waals surface area contributed by atoms with Crippen LogP contribution in [-0.4, -0.2) is 88.4 Å². The standard InChI is InChI=1S/2C14H16N3.C14H15N3.2C6H18NSi2.C4H8O.C4H7O.2Fe/c3*1-11(13-7-3-5-9-15-13)17-12(2)14-8-4-6-10-16-14;2*1-8(2,3)7-9(4,5)6;2*1-2-4-5-3-1;;/h2*3-12H,1-2H3;3-11H,1-2H3;2*1-6H3;1-4H2;3H,1-2,4H2;;/q2*-1;;2*-1;;-1;+2;+3/t;;11-;;;;;;/m..0....../s1. The van der Waals surface area contributed by atoms with E-state index >= 15 is 0 Å². The molecular formula is C62H98Fe2N11O2Si4. The molecule has 13 nitrogen and oxygen atoms in total. The quantitative estimate of drug-likeness (QED) is 0.0557. The van der Waals surface area contributed by atoms with Crippen molar-refractivity contribution in [2.75, 3.05) is 19.8 Å². The van der Waals surface area contributed by atoms with E-state index in [2.05, 4.69) is 141 Å². The van der Waals surface area contributed by atoms with Gasteiger partial charge in [0.05, 0.1) is 23.1 Å². The SMILES string of the molecule is C1CCOC1.CC(=N[C@@H](C)c1ccccn1)c1ccccn1.CC([N-]C(C)c1ccccn1)c1ccccn1.CC([N-]C(C)c1ccccn1)c1ccccn1.C[Si](C)(C)[N-][Si](C)(C)C.C[Si](C)(C)[N-][Si](C)(C)C.[CH-]1CCCO1.[Fe+2].[Fe+3]. The minimum Gasteiger partial charge on any atom is -0.668 e. The Labute approximate surface area is 516 Å². The first-order valence-corrected chi connectivity index (χ1v) is 41.9. The molecule has 2 saturated heterocycles. The molecule has 6 aromatic heterocycles. The predicted octanol–water partition coefficient (Wildman–Crippen LogP) is 18.2. The van der Waals surface area contributed by atoms with Crippen LogP contribution in [-0.2, 0) is 43.6 Å². The van der Waals surface area contributed by atoms with Crippen LogP contribution < -0.4 is 0 Å². The average molecular weight is 1250 g/mol. The normalized spacial score (nSPS) is 14.9. The topological polar surface area (TPSA) is 165 Å². The largest absolute Gasteiger partial charge is 3.00 e. The summed E-state index contributed by atoms with van der Waals surface area (Å²) in [4.78, 5) is 30.4. The molecule has 0 N–H and O–H groups in total. The molecule has 2 aliphatic rings. The second-order valence-electron chi connectivity index (χ2n) is 23.3. The molecule has 0 aromatic carbocycles. The van der Waals surface area contributed by atoms with E-state index in [4.69, 9.17) is 29.4 Å². The Balaban J connectivity index is 0.000000958. The van der Waals surface area contributed by atoms with E-state index in [-0.39, 0.29) is 64.3 Å². The Bertz CT molecular complexity index is 2200. The molecule has 19 heteroatoms. The molecule has 0 spiro atoms. The van der Waals surface area contributed by atoms with Crippen molar-refractivity contribution in [1.82, 2.24) is 29.9 Å². The predicted molar refractivity (Wildman–Crippen MR) is 346 cm³/mol. The van der Waals surface area contributed by atoms with Gasteiger partial charge in [0.15, 0.2) is 0 Å². The maximum Gasteiger partial charge on any atom is 3.00 e. The van der Waals surface area contributed by atoms with Crippen molar-refractivity contribution in [3.63, 3.8) is 0 Å². The van der Waals surface area contributed by atoms with Crippen LogP contribution in [0.15, 0.2) is 151 Å². The van der Waals surface area contributed by atoms with E-state index < -0.39 is 32.9 Å². The number of aromatic nitrogens is 6. The van der Waals surface area contributed by atoms with Crippen LogP contribution in [0.2, 0.25) is 78.6 Å². The Morgan fingerprint density at radius 2 is 0.753 bits per heavy atom. The van der Waals surface area contributed by atoms with E-state index in [1.165, 1.54) is 19.3 Å². The number of aliphatic imine (C=N–C) groups is 1. The first-order valence-electron chi connectivity index (χ1n) is 28.1. The van der Waals surface area contributed by atoms with Crippen molar-refractivity contribution in [1.29, 1.82) is 0 Å². The molecule has 2 aliphatic heterocycles. The zero-order valence-electron chi connectivity index (χ0n) is 52.2. The van der Waals surface area contributed by atoms with Gasteiger partial charge in [-0.15, -0.1) is 0 Å². The van der Waals surface area contributed by atoms with E-state index in [9.17, 15) is 0 Å². The summed E-state index contributed by atoms with van der Waals surface area (Å²) in [7, 11) is -4.42. The number of hydrogen-bond acceptors (Lipinski definition) is 9. The van der Waals surface area contributed by atoms with E-state index in [0.717, 1.165) is 66.1 Å². The zero-order chi connectivity index (χ0) is 58.7. The Morgan fingerprint density at radius 3 is 0.951 bits per heavy atom. The van der Waals surface area contributed by atoms with Crippen LogP contribution in [0.3, 0.4) is 0 Å². The number of ether oxygens (including phenoxy) is 2. The third-order valence-electron chi connectivity index (χ3n) is 10.8. The second-order valence-corrected chi connectivity index (χ2v) is 42.4. The summed E-state index contributed by atoms with van der Waals surface area (Å²) in [5.41, 5.74) is 6.80. The summed E-state index contributed by atoms with van der Waals surface area (Å²) in [6, 6.07) is 35.7. The minimum atomic E-state index is -1.11. The van der Waals surface area contributed by atoms with Crippen molar-refractivity contribution in [2.24, 2.45) is 4.99 Å². The Hall–Kier alpha value is -3.76. The molecule has 2 fully saturated rings. The van der Waals surface area contributed by atoms with Crippen LogP contribution in [0.5, 0.6) is 0 Å². The third kappa shape index (κ3) is 40.2. The molecule has 445 valence electrons. The Morgan fingerprint density at radius 1 is 0.444 bits per heavy atom. The van der Waals surface area contributed by atoms with Gasteiger partial charge in [0.1, 0.15) is 0 Å². The number of nitrogens with zero attached hydrogens (tertiary/aromatic N) is 11. The molecule has 4 unspecified atom stereocenters. The van der Waals surface area contributed by atoms with Gasteiger partial charge in [-0.1, -0.05) is 206 Å². The van der Waals surface area contributed by atoms with Gasteiger partial charge in [0.25, 0.3) is 0 Å². The summed E-state index contributed by atoms with van der Waals surface area (Å²) in [6.07, 6.45) is 15.7. The minimum absolute atomic E-state index is 0. The molecule has 8 heterocycles. The number of pyridine rings is 6. The van der Waals surface area contributed by atoms with Crippen LogP contribution in [0.4, 0.5) is 0 Å². The average Bonchev–Trinajstić information content (AvgIpc) is 4.21. The van der Waals surface area contributed by atoms with Crippen molar-refractivity contribution in [2.45, 2.75) is 176 Å². The van der Waals surface area contributed by atoms with Crippen molar-refractivity contribution < 1.29 is 43.6 Å². The van der Waals surface area contributed by atoms with Crippen LogP contribution in [0, 0.1) is 6.61 Å². The van der Waals surface area contributed by atoms with Crippen LogP contribution in [0.25, 0.3) is 19.9 Å². The van der Waals surface area contributed by atoms with E-state index in [0.29, 0.717) is 0 Å². The van der Waals surface area contributed by atoms with Gasteiger partial charge in [-0.3, -0.25) is 34.9 Å². The van der Waals surface area contributed by atoms with Gasteiger partial charge in [0.2, 0.25) is 0 Å². The fourth-order valence-corrected chi connectivity index (χ4v) is 24.1. The van der Waals surface area contributed by atoms with Crippen LogP contribution >= 0.6 is 0 Å². The fraction of sp³-hybridized carbons (Fsp3) is 0.484. The Kier molecular flexibility index (Phi) is 40.1. The van der Waals surface area contributed by atoms with Crippen LogP contribution in [0.1, 0.15) is 132 Å². The first kappa shape index (κ1) is 77.2. The van der Waals surface area contributed by atoms with Gasteiger partial charge >= 0.3 is 34.1 Å². The van der Waals surface area contributed by atoms with E-state index in [1.54, 1.807) is 37.2 Å². The molecule has 5 atom stereocenters. The third-order valence-corrected chi connectivity index (χ3v) is 21.5. The molecule has 8 rings (SSSR count). The maximum absolute atomic E-state index is 4.94. The molecule has 81 heavy (non-hydrogen) atoms. The summed E-state index contributed by atoms with van der Waals surface area (Å²) in [5.74, 6) is 0. The molecular weight excluding hydrogens is 1150 g/mol. The molecule has 0 aliphatic carbocycles. The molecule has 0 saturated carbocycles. The summed E-state index contributed by atoms with van der Waals surface area (Å²) < 4.78 is 19.4. The second kappa shape index (κ2) is 42.1. The first-order chi connectivity index (χ1) is 37.2. The van der Waals surface area contributed by atoms with Crippen molar-refractivity contribution in [3.8, 4) is 0 Å². The number of rotatable bonds is 15. The summed E-state index contributed by atoms with van der Waals surface area (Å²) >= 11 is 0. The van der Waals surface area contributed by atoms with Gasteiger partial charge < -0.3 is 29.4 Å².